The van der Waals surface area contributed by atoms with Gasteiger partial charge in [-0.2, -0.15) is 0 Å². The zero-order chi connectivity index (χ0) is 18.6. The average Bonchev–Trinajstić information content (AvgIpc) is 2.68. The van der Waals surface area contributed by atoms with Crippen LogP contribution in [0.2, 0.25) is 0 Å². The first-order valence-electron chi connectivity index (χ1n) is 8.67. The lowest BCUT2D eigenvalue weighted by atomic mass is 10.2. The van der Waals surface area contributed by atoms with Gasteiger partial charge in [-0.25, -0.2) is 0 Å². The van der Waals surface area contributed by atoms with Gasteiger partial charge in [0.25, 0.3) is 0 Å². The van der Waals surface area contributed by atoms with Crippen LogP contribution in [0.5, 0.6) is 11.5 Å². The lowest BCUT2D eigenvalue weighted by Crippen LogP contribution is -2.33. The second-order valence-electron chi connectivity index (χ2n) is 5.46. The van der Waals surface area contributed by atoms with E-state index in [0.29, 0.717) is 38.1 Å². The number of guanidine groups is 1. The third-order valence-corrected chi connectivity index (χ3v) is 3.60. The van der Waals surface area contributed by atoms with Crippen molar-refractivity contribution >= 4 is 11.6 Å². The molecule has 6 heteroatoms. The van der Waals surface area contributed by atoms with Crippen molar-refractivity contribution in [2.45, 2.75) is 13.5 Å². The maximum Gasteiger partial charge on any atom is 0.195 e. The number of aliphatic imine (C=N–C) groups is 1. The summed E-state index contributed by atoms with van der Waals surface area (Å²) in [6.45, 7) is 4.38. The molecule has 2 aromatic carbocycles. The van der Waals surface area contributed by atoms with Gasteiger partial charge in [0, 0.05) is 25.3 Å². The Morgan fingerprint density at radius 2 is 1.88 bits per heavy atom. The first-order chi connectivity index (χ1) is 12.8. The van der Waals surface area contributed by atoms with Crippen LogP contribution in [-0.4, -0.2) is 39.9 Å². The third kappa shape index (κ3) is 6.29. The molecule has 0 saturated carbocycles. The lowest BCUT2D eigenvalue weighted by molar-refractivity contribution is 0.125. The molecule has 0 heterocycles. The number of nitrogens with zero attached hydrogens (tertiary/aromatic N) is 1. The third-order valence-electron chi connectivity index (χ3n) is 3.60. The number of benzene rings is 2. The molecule has 0 atom stereocenters. The monoisotopic (exact) mass is 357 g/mol. The fourth-order valence-electron chi connectivity index (χ4n) is 2.34. The van der Waals surface area contributed by atoms with E-state index in [0.717, 1.165) is 17.0 Å². The fourth-order valence-corrected chi connectivity index (χ4v) is 2.34. The quantitative estimate of drug-likeness (QED) is 0.410. The van der Waals surface area contributed by atoms with Crippen molar-refractivity contribution < 1.29 is 14.2 Å². The van der Waals surface area contributed by atoms with Crippen LogP contribution in [-0.2, 0) is 11.3 Å². The van der Waals surface area contributed by atoms with E-state index in [1.54, 1.807) is 14.2 Å². The molecule has 140 valence electrons. The molecule has 6 nitrogen and oxygen atoms in total. The van der Waals surface area contributed by atoms with Crippen molar-refractivity contribution in [3.63, 3.8) is 0 Å². The van der Waals surface area contributed by atoms with Crippen molar-refractivity contribution in [1.82, 2.24) is 5.32 Å². The molecule has 0 unspecified atom stereocenters. The number of anilines is 1. The van der Waals surface area contributed by atoms with Crippen LogP contribution in [0.15, 0.2) is 53.5 Å². The van der Waals surface area contributed by atoms with Gasteiger partial charge in [0.2, 0.25) is 0 Å². The van der Waals surface area contributed by atoms with Crippen LogP contribution < -0.4 is 20.1 Å². The van der Waals surface area contributed by atoms with Crippen molar-refractivity contribution in [1.29, 1.82) is 0 Å². The largest absolute Gasteiger partial charge is 0.493 e. The molecule has 2 aromatic rings. The lowest BCUT2D eigenvalue weighted by Gasteiger charge is -2.14. The molecule has 0 saturated heterocycles. The summed E-state index contributed by atoms with van der Waals surface area (Å²) in [6, 6.07) is 15.8. The summed E-state index contributed by atoms with van der Waals surface area (Å²) in [4.78, 5) is 4.22. The zero-order valence-electron chi connectivity index (χ0n) is 15.6. The number of ether oxygens (including phenoxy) is 3. The van der Waals surface area contributed by atoms with Crippen LogP contribution in [0.3, 0.4) is 0 Å². The van der Waals surface area contributed by atoms with Gasteiger partial charge < -0.3 is 24.8 Å². The number of methoxy groups -OCH3 is 1. The zero-order valence-corrected chi connectivity index (χ0v) is 15.6. The molecule has 26 heavy (non-hydrogen) atoms. The minimum atomic E-state index is 0.586. The predicted octanol–water partition coefficient (Wildman–Crippen LogP) is 3.30. The first kappa shape index (κ1) is 19.6. The Balaban J connectivity index is 1.78. The average molecular weight is 357 g/mol. The molecule has 0 amide bonds. The van der Waals surface area contributed by atoms with E-state index in [1.165, 1.54) is 0 Å². The molecule has 0 aliphatic heterocycles. The molecule has 0 bridgehead atoms. The fraction of sp³-hybridized carbons (Fsp3) is 0.350. The summed E-state index contributed by atoms with van der Waals surface area (Å²) in [6.07, 6.45) is 0. The highest BCUT2D eigenvalue weighted by Crippen LogP contribution is 2.30. The molecule has 0 aliphatic rings. The van der Waals surface area contributed by atoms with Gasteiger partial charge in [0.1, 0.15) is 0 Å². The summed E-state index contributed by atoms with van der Waals surface area (Å²) < 4.78 is 16.6. The maximum absolute atomic E-state index is 5.66. The van der Waals surface area contributed by atoms with Gasteiger partial charge in [-0.15, -0.1) is 0 Å². The minimum absolute atomic E-state index is 0.586. The highest BCUT2D eigenvalue weighted by Gasteiger charge is 2.06. The SMILES string of the molecule is CCOc1ccc(NC(=NC)NCCOCc2ccccc2)cc1OC. The number of hydrogen-bond acceptors (Lipinski definition) is 4. The highest BCUT2D eigenvalue weighted by molar-refractivity contribution is 5.93. The summed E-state index contributed by atoms with van der Waals surface area (Å²) in [7, 11) is 3.35. The van der Waals surface area contributed by atoms with Crippen LogP contribution in [0.4, 0.5) is 5.69 Å². The topological polar surface area (TPSA) is 64.1 Å². The summed E-state index contributed by atoms with van der Waals surface area (Å²) in [5, 5.41) is 6.45. The van der Waals surface area contributed by atoms with Crippen molar-refractivity contribution in [3.8, 4) is 11.5 Å². The van der Waals surface area contributed by atoms with Crippen molar-refractivity contribution in [3.05, 3.63) is 54.1 Å². The Morgan fingerprint density at radius 1 is 1.08 bits per heavy atom. The highest BCUT2D eigenvalue weighted by atomic mass is 16.5. The standard InChI is InChI=1S/C20H27N3O3/c1-4-26-18-11-10-17(14-19(18)24-3)23-20(21-2)22-12-13-25-15-16-8-6-5-7-9-16/h5-11,14H,4,12-13,15H2,1-3H3,(H2,21,22,23). The summed E-state index contributed by atoms with van der Waals surface area (Å²) in [5.74, 6) is 2.07. The Bertz CT molecular complexity index is 690. The van der Waals surface area contributed by atoms with E-state index in [4.69, 9.17) is 14.2 Å². The van der Waals surface area contributed by atoms with Crippen LogP contribution in [0, 0.1) is 0 Å². The van der Waals surface area contributed by atoms with Gasteiger partial charge in [0.05, 0.1) is 26.9 Å². The Hall–Kier alpha value is -2.73. The summed E-state index contributed by atoms with van der Waals surface area (Å²) in [5.41, 5.74) is 2.03. The Morgan fingerprint density at radius 3 is 2.58 bits per heavy atom. The number of rotatable bonds is 9. The molecule has 0 radical (unpaired) electrons. The van der Waals surface area contributed by atoms with E-state index in [2.05, 4.69) is 15.6 Å². The molecule has 0 aliphatic carbocycles. The Labute approximate surface area is 155 Å². The Kier molecular flexibility index (Phi) is 8.29. The van der Waals surface area contributed by atoms with E-state index >= 15 is 0 Å². The van der Waals surface area contributed by atoms with Gasteiger partial charge in [0.15, 0.2) is 17.5 Å². The molecule has 0 fully saturated rings. The molecule has 0 spiro atoms. The van der Waals surface area contributed by atoms with Crippen molar-refractivity contribution in [2.75, 3.05) is 39.2 Å². The van der Waals surface area contributed by atoms with Gasteiger partial charge in [-0.3, -0.25) is 4.99 Å². The van der Waals surface area contributed by atoms with Crippen LogP contribution in [0.25, 0.3) is 0 Å². The molecule has 2 rings (SSSR count). The van der Waals surface area contributed by atoms with E-state index < -0.39 is 0 Å². The van der Waals surface area contributed by atoms with E-state index in [9.17, 15) is 0 Å². The molecule has 2 N–H and O–H groups in total. The minimum Gasteiger partial charge on any atom is -0.493 e. The summed E-state index contributed by atoms with van der Waals surface area (Å²) >= 11 is 0. The van der Waals surface area contributed by atoms with Crippen LogP contribution in [0.1, 0.15) is 12.5 Å². The second-order valence-corrected chi connectivity index (χ2v) is 5.46. The molecular formula is C20H27N3O3. The van der Waals surface area contributed by atoms with Crippen LogP contribution >= 0.6 is 0 Å². The van der Waals surface area contributed by atoms with E-state index in [1.807, 2.05) is 55.5 Å². The smallest absolute Gasteiger partial charge is 0.195 e. The van der Waals surface area contributed by atoms with Gasteiger partial charge in [-0.05, 0) is 24.6 Å². The van der Waals surface area contributed by atoms with E-state index in [-0.39, 0.29) is 0 Å². The predicted molar refractivity (Wildman–Crippen MR) is 105 cm³/mol. The number of hydrogen-bond donors (Lipinski definition) is 2. The second kappa shape index (κ2) is 11.0. The van der Waals surface area contributed by atoms with Gasteiger partial charge in [-0.1, -0.05) is 30.3 Å². The number of nitrogens with one attached hydrogen (secondary N) is 2. The molecule has 0 aromatic heterocycles. The maximum atomic E-state index is 5.66. The molecular weight excluding hydrogens is 330 g/mol. The first-order valence-corrected chi connectivity index (χ1v) is 8.67. The normalized spacial score (nSPS) is 11.1. The van der Waals surface area contributed by atoms with Crippen molar-refractivity contribution in [2.24, 2.45) is 4.99 Å². The van der Waals surface area contributed by atoms with Gasteiger partial charge >= 0.3 is 0 Å².